The molecule has 3 amide bonds. The second-order valence-corrected chi connectivity index (χ2v) is 3.54. The Morgan fingerprint density at radius 2 is 2.06 bits per heavy atom. The molecule has 0 saturated carbocycles. The summed E-state index contributed by atoms with van der Waals surface area (Å²) >= 11 is 0. The first-order chi connectivity index (χ1) is 8.06. The van der Waals surface area contributed by atoms with Gasteiger partial charge in [-0.05, 0) is 0 Å². The molecule has 0 atom stereocenters. The number of nitrogens with two attached hydrogens (primary N) is 1. The van der Waals surface area contributed by atoms with Gasteiger partial charge in [-0.25, -0.2) is 14.5 Å². The summed E-state index contributed by atoms with van der Waals surface area (Å²) in [6.45, 7) is 4.34. The summed E-state index contributed by atoms with van der Waals surface area (Å²) in [6, 6.07) is -0.835. The summed E-state index contributed by atoms with van der Waals surface area (Å²) < 4.78 is 1.69. The Labute approximate surface area is 99.4 Å². The molecule has 94 valence electrons. The van der Waals surface area contributed by atoms with Gasteiger partial charge in [-0.3, -0.25) is 10.1 Å². The van der Waals surface area contributed by atoms with Crippen LogP contribution in [-0.2, 0) is 24.2 Å². The van der Waals surface area contributed by atoms with E-state index in [1.807, 2.05) is 19.2 Å². The Morgan fingerprint density at radius 3 is 2.59 bits per heavy atom. The number of hydrogen-bond acceptors (Lipinski definition) is 4. The van der Waals surface area contributed by atoms with Crippen molar-refractivity contribution in [3.05, 3.63) is 11.6 Å². The van der Waals surface area contributed by atoms with E-state index in [0.29, 0.717) is 6.54 Å². The molecular formula is C10H17N5O2. The third-order valence-electron chi connectivity index (χ3n) is 2.24. The summed E-state index contributed by atoms with van der Waals surface area (Å²) in [6.07, 6.45) is 1.67. The fourth-order valence-corrected chi connectivity index (χ4v) is 1.42. The van der Waals surface area contributed by atoms with E-state index < -0.39 is 11.9 Å². The molecule has 0 fully saturated rings. The van der Waals surface area contributed by atoms with Gasteiger partial charge >= 0.3 is 6.03 Å². The van der Waals surface area contributed by atoms with E-state index in [1.165, 1.54) is 0 Å². The predicted octanol–water partition coefficient (Wildman–Crippen LogP) is -0.0121. The maximum Gasteiger partial charge on any atom is 0.318 e. The number of rotatable bonds is 5. The lowest BCUT2D eigenvalue weighted by atomic mass is 10.4. The average molecular weight is 239 g/mol. The van der Waals surface area contributed by atoms with Crippen molar-refractivity contribution in [2.45, 2.75) is 39.7 Å². The Morgan fingerprint density at radius 1 is 1.35 bits per heavy atom. The normalized spacial score (nSPS) is 10.2. The SMILES string of the molecule is CCc1nc(CC)n(CCC(=O)NC(N)=O)n1. The Kier molecular flexibility index (Phi) is 4.62. The van der Waals surface area contributed by atoms with Crippen molar-refractivity contribution >= 4 is 11.9 Å². The quantitative estimate of drug-likeness (QED) is 0.754. The molecule has 0 bridgehead atoms. The van der Waals surface area contributed by atoms with E-state index in [4.69, 9.17) is 5.73 Å². The lowest BCUT2D eigenvalue weighted by Crippen LogP contribution is -2.35. The van der Waals surface area contributed by atoms with Crippen LogP contribution in [0.25, 0.3) is 0 Å². The van der Waals surface area contributed by atoms with Crippen LogP contribution in [0.3, 0.4) is 0 Å². The molecule has 1 aromatic heterocycles. The number of imide groups is 1. The third-order valence-corrected chi connectivity index (χ3v) is 2.24. The first-order valence-corrected chi connectivity index (χ1v) is 5.58. The van der Waals surface area contributed by atoms with Gasteiger partial charge in [-0.15, -0.1) is 0 Å². The van der Waals surface area contributed by atoms with Gasteiger partial charge < -0.3 is 5.73 Å². The molecule has 0 aliphatic heterocycles. The Bertz CT molecular complexity index is 413. The standard InChI is InChI=1S/C10H17N5O2/c1-3-7-12-8(4-2)15(14-7)6-5-9(16)13-10(11)17/h3-6H2,1-2H3,(H3,11,13,16,17). The average Bonchev–Trinajstić information content (AvgIpc) is 2.67. The van der Waals surface area contributed by atoms with Gasteiger partial charge in [0.05, 0.1) is 6.54 Å². The van der Waals surface area contributed by atoms with Crippen molar-refractivity contribution < 1.29 is 9.59 Å². The molecule has 0 radical (unpaired) electrons. The number of primary amides is 1. The van der Waals surface area contributed by atoms with Gasteiger partial charge in [0.2, 0.25) is 5.91 Å². The van der Waals surface area contributed by atoms with Gasteiger partial charge in [-0.1, -0.05) is 13.8 Å². The Hall–Kier alpha value is -1.92. The highest BCUT2D eigenvalue weighted by atomic mass is 16.2. The maximum atomic E-state index is 11.2. The predicted molar refractivity (Wildman–Crippen MR) is 61.1 cm³/mol. The molecule has 1 rings (SSSR count). The van der Waals surface area contributed by atoms with Crippen molar-refractivity contribution in [2.75, 3.05) is 0 Å². The van der Waals surface area contributed by atoms with E-state index in [2.05, 4.69) is 10.1 Å². The number of carbonyl (C=O) groups is 2. The second-order valence-electron chi connectivity index (χ2n) is 3.54. The number of carbonyl (C=O) groups excluding carboxylic acids is 2. The highest BCUT2D eigenvalue weighted by Gasteiger charge is 2.09. The van der Waals surface area contributed by atoms with Crippen LogP contribution in [0.1, 0.15) is 31.9 Å². The maximum absolute atomic E-state index is 11.2. The summed E-state index contributed by atoms with van der Waals surface area (Å²) in [5.74, 6) is 1.19. The van der Waals surface area contributed by atoms with Crippen molar-refractivity contribution in [1.29, 1.82) is 0 Å². The van der Waals surface area contributed by atoms with Gasteiger partial charge in [-0.2, -0.15) is 5.10 Å². The fourth-order valence-electron chi connectivity index (χ4n) is 1.42. The zero-order chi connectivity index (χ0) is 12.8. The molecule has 0 unspecified atom stereocenters. The van der Waals surface area contributed by atoms with Crippen molar-refractivity contribution in [3.63, 3.8) is 0 Å². The molecule has 0 aliphatic carbocycles. The number of hydrogen-bond donors (Lipinski definition) is 2. The highest BCUT2D eigenvalue weighted by Crippen LogP contribution is 2.02. The molecule has 0 aliphatic rings. The number of urea groups is 1. The molecule has 0 spiro atoms. The van der Waals surface area contributed by atoms with Crippen LogP contribution in [0.5, 0.6) is 0 Å². The molecule has 1 aromatic rings. The molecule has 7 nitrogen and oxygen atoms in total. The lowest BCUT2D eigenvalue weighted by Gasteiger charge is -2.03. The van der Waals surface area contributed by atoms with E-state index in [0.717, 1.165) is 24.5 Å². The van der Waals surface area contributed by atoms with Crippen molar-refractivity contribution in [2.24, 2.45) is 5.73 Å². The molecule has 0 saturated heterocycles. The molecule has 7 heteroatoms. The number of amides is 3. The number of aryl methyl sites for hydroxylation is 3. The largest absolute Gasteiger partial charge is 0.351 e. The number of nitrogens with one attached hydrogen (secondary N) is 1. The van der Waals surface area contributed by atoms with Crippen LogP contribution >= 0.6 is 0 Å². The minimum atomic E-state index is -0.835. The zero-order valence-electron chi connectivity index (χ0n) is 10.1. The van der Waals surface area contributed by atoms with Crippen LogP contribution in [-0.4, -0.2) is 26.7 Å². The number of aromatic nitrogens is 3. The van der Waals surface area contributed by atoms with Crippen molar-refractivity contribution in [1.82, 2.24) is 20.1 Å². The first kappa shape index (κ1) is 13.1. The lowest BCUT2D eigenvalue weighted by molar-refractivity contribution is -0.120. The van der Waals surface area contributed by atoms with Crippen LogP contribution in [0.15, 0.2) is 0 Å². The van der Waals surface area contributed by atoms with E-state index in [9.17, 15) is 9.59 Å². The Balaban J connectivity index is 2.59. The number of nitrogens with zero attached hydrogens (tertiary/aromatic N) is 3. The van der Waals surface area contributed by atoms with E-state index in [-0.39, 0.29) is 6.42 Å². The summed E-state index contributed by atoms with van der Waals surface area (Å²) in [5, 5.41) is 6.27. The molecular weight excluding hydrogens is 222 g/mol. The molecule has 0 aromatic carbocycles. The van der Waals surface area contributed by atoms with Gasteiger partial charge in [0.25, 0.3) is 0 Å². The van der Waals surface area contributed by atoms with E-state index >= 15 is 0 Å². The van der Waals surface area contributed by atoms with Crippen LogP contribution in [0.4, 0.5) is 4.79 Å². The summed E-state index contributed by atoms with van der Waals surface area (Å²) in [5.41, 5.74) is 4.84. The van der Waals surface area contributed by atoms with Crippen molar-refractivity contribution in [3.8, 4) is 0 Å². The summed E-state index contributed by atoms with van der Waals surface area (Å²) in [4.78, 5) is 26.0. The second kappa shape index (κ2) is 5.97. The third kappa shape index (κ3) is 3.86. The molecule has 17 heavy (non-hydrogen) atoms. The summed E-state index contributed by atoms with van der Waals surface area (Å²) in [7, 11) is 0. The minimum Gasteiger partial charge on any atom is -0.351 e. The molecule has 1 heterocycles. The monoisotopic (exact) mass is 239 g/mol. The molecule has 3 N–H and O–H groups in total. The fraction of sp³-hybridized carbons (Fsp3) is 0.600. The van der Waals surface area contributed by atoms with Gasteiger partial charge in [0.15, 0.2) is 5.82 Å². The van der Waals surface area contributed by atoms with Crippen LogP contribution in [0, 0.1) is 0 Å². The van der Waals surface area contributed by atoms with E-state index in [1.54, 1.807) is 4.68 Å². The van der Waals surface area contributed by atoms with Crippen LogP contribution < -0.4 is 11.1 Å². The van der Waals surface area contributed by atoms with Crippen LogP contribution in [0.2, 0.25) is 0 Å². The van der Waals surface area contributed by atoms with Gasteiger partial charge in [0.1, 0.15) is 5.82 Å². The topological polar surface area (TPSA) is 103 Å². The minimum absolute atomic E-state index is 0.155. The highest BCUT2D eigenvalue weighted by molar-refractivity contribution is 5.93. The smallest absolute Gasteiger partial charge is 0.318 e. The first-order valence-electron chi connectivity index (χ1n) is 5.58. The zero-order valence-corrected chi connectivity index (χ0v) is 10.1. The van der Waals surface area contributed by atoms with Gasteiger partial charge in [0, 0.05) is 19.3 Å².